The Bertz CT molecular complexity index is 472. The molecule has 2 aliphatic carbocycles. The maximum Gasteiger partial charge on any atom is 0.309 e. The van der Waals surface area contributed by atoms with Crippen molar-refractivity contribution in [3.8, 4) is 0 Å². The molecule has 19 heavy (non-hydrogen) atoms. The fourth-order valence-electron chi connectivity index (χ4n) is 3.30. The van der Waals surface area contributed by atoms with Crippen molar-refractivity contribution in [2.75, 3.05) is 0 Å². The Hall–Kier alpha value is -1.35. The molecule has 0 spiro atoms. The van der Waals surface area contributed by atoms with Crippen LogP contribution in [0.15, 0.2) is 24.3 Å². The second-order valence-electron chi connectivity index (χ2n) is 5.79. The predicted molar refractivity (Wildman–Crippen MR) is 73.5 cm³/mol. The van der Waals surface area contributed by atoms with Crippen LogP contribution in [-0.4, -0.2) is 12.0 Å². The molecule has 0 aliphatic heterocycles. The Labute approximate surface area is 114 Å². The van der Waals surface area contributed by atoms with Crippen molar-refractivity contribution < 1.29 is 9.53 Å². The highest BCUT2D eigenvalue weighted by atomic mass is 16.5. The van der Waals surface area contributed by atoms with E-state index < -0.39 is 0 Å². The maximum atomic E-state index is 12.2. The molecule has 3 unspecified atom stereocenters. The molecule has 3 nitrogen and oxygen atoms in total. The van der Waals surface area contributed by atoms with E-state index in [1.54, 1.807) is 0 Å². The molecule has 1 saturated carbocycles. The van der Waals surface area contributed by atoms with E-state index in [1.807, 2.05) is 6.07 Å². The van der Waals surface area contributed by atoms with Gasteiger partial charge in [0.25, 0.3) is 0 Å². The van der Waals surface area contributed by atoms with Crippen molar-refractivity contribution in [2.24, 2.45) is 11.7 Å². The van der Waals surface area contributed by atoms with Gasteiger partial charge in [-0.3, -0.25) is 4.79 Å². The topological polar surface area (TPSA) is 52.3 Å². The van der Waals surface area contributed by atoms with Crippen LogP contribution in [0.2, 0.25) is 0 Å². The molecule has 102 valence electrons. The van der Waals surface area contributed by atoms with E-state index in [0.717, 1.165) is 38.5 Å². The first-order chi connectivity index (χ1) is 9.24. The Morgan fingerprint density at radius 3 is 2.84 bits per heavy atom. The third-order valence-corrected chi connectivity index (χ3v) is 4.38. The minimum atomic E-state index is -0.0470. The van der Waals surface area contributed by atoms with E-state index in [4.69, 9.17) is 10.5 Å². The average molecular weight is 259 g/mol. The molecule has 0 radical (unpaired) electrons. The molecule has 0 bridgehead atoms. The number of hydrogen-bond acceptors (Lipinski definition) is 3. The minimum absolute atomic E-state index is 0.0177. The van der Waals surface area contributed by atoms with E-state index in [2.05, 4.69) is 18.2 Å². The van der Waals surface area contributed by atoms with Gasteiger partial charge in [0.2, 0.25) is 0 Å². The molecule has 3 heteroatoms. The average Bonchev–Trinajstić information content (AvgIpc) is 2.86. The van der Waals surface area contributed by atoms with Gasteiger partial charge in [-0.2, -0.15) is 0 Å². The highest BCUT2D eigenvalue weighted by molar-refractivity contribution is 5.73. The molecule has 1 aromatic carbocycles. The largest absolute Gasteiger partial charge is 0.457 e. The third-order valence-electron chi connectivity index (χ3n) is 4.38. The van der Waals surface area contributed by atoms with Crippen LogP contribution in [0.3, 0.4) is 0 Å². The highest BCUT2D eigenvalue weighted by Gasteiger charge is 2.32. The van der Waals surface area contributed by atoms with E-state index in [1.165, 1.54) is 11.1 Å². The summed E-state index contributed by atoms with van der Waals surface area (Å²) in [6.07, 6.45) is 5.70. The number of nitrogens with two attached hydrogens (primary N) is 1. The van der Waals surface area contributed by atoms with Crippen LogP contribution >= 0.6 is 0 Å². The second kappa shape index (κ2) is 5.33. The molecule has 2 N–H and O–H groups in total. The van der Waals surface area contributed by atoms with Crippen LogP contribution in [0.5, 0.6) is 0 Å². The van der Waals surface area contributed by atoms with Gasteiger partial charge < -0.3 is 10.5 Å². The first-order valence-corrected chi connectivity index (χ1v) is 7.28. The lowest BCUT2D eigenvalue weighted by molar-refractivity contribution is -0.155. The summed E-state index contributed by atoms with van der Waals surface area (Å²) in [5.74, 6) is -0.0289. The maximum absolute atomic E-state index is 12.2. The summed E-state index contributed by atoms with van der Waals surface area (Å²) >= 11 is 0. The summed E-state index contributed by atoms with van der Waals surface area (Å²) in [5.41, 5.74) is 8.39. The zero-order valence-electron chi connectivity index (χ0n) is 11.2. The van der Waals surface area contributed by atoms with Crippen LogP contribution in [0.4, 0.5) is 0 Å². The van der Waals surface area contributed by atoms with Gasteiger partial charge in [0, 0.05) is 6.04 Å². The lowest BCUT2D eigenvalue weighted by Gasteiger charge is -2.26. The van der Waals surface area contributed by atoms with Crippen LogP contribution in [-0.2, 0) is 16.0 Å². The summed E-state index contributed by atoms with van der Waals surface area (Å²) < 4.78 is 5.76. The molecule has 3 rings (SSSR count). The quantitative estimate of drug-likeness (QED) is 0.831. The second-order valence-corrected chi connectivity index (χ2v) is 5.79. The van der Waals surface area contributed by atoms with Gasteiger partial charge in [0.15, 0.2) is 0 Å². The van der Waals surface area contributed by atoms with Crippen molar-refractivity contribution in [1.82, 2.24) is 0 Å². The fraction of sp³-hybridized carbons (Fsp3) is 0.562. The summed E-state index contributed by atoms with van der Waals surface area (Å²) in [6.45, 7) is 0. The monoisotopic (exact) mass is 259 g/mol. The standard InChI is InChI=1S/C16H21NO2/c17-13-9-8-12(10-13)16(18)19-15-7-3-5-11-4-1-2-6-14(11)15/h1-2,4,6,12-13,15H,3,5,7-10,17H2. The Morgan fingerprint density at radius 2 is 2.05 bits per heavy atom. The van der Waals surface area contributed by atoms with Crippen LogP contribution < -0.4 is 5.73 Å². The number of carbonyl (C=O) groups is 1. The molecule has 0 saturated heterocycles. The van der Waals surface area contributed by atoms with Crippen LogP contribution in [0, 0.1) is 5.92 Å². The van der Waals surface area contributed by atoms with Crippen molar-refractivity contribution in [1.29, 1.82) is 0 Å². The Balaban J connectivity index is 1.69. The van der Waals surface area contributed by atoms with Gasteiger partial charge in [-0.05, 0) is 49.7 Å². The zero-order chi connectivity index (χ0) is 13.2. The normalized spacial score (nSPS) is 29.8. The number of ether oxygens (including phenoxy) is 1. The molecular formula is C16H21NO2. The van der Waals surface area contributed by atoms with Crippen LogP contribution in [0.1, 0.15) is 49.3 Å². The van der Waals surface area contributed by atoms with Crippen molar-refractivity contribution >= 4 is 5.97 Å². The van der Waals surface area contributed by atoms with Gasteiger partial charge >= 0.3 is 5.97 Å². The molecule has 0 aromatic heterocycles. The highest BCUT2D eigenvalue weighted by Crippen LogP contribution is 2.34. The lowest BCUT2D eigenvalue weighted by atomic mass is 9.89. The minimum Gasteiger partial charge on any atom is -0.457 e. The first kappa shape index (κ1) is 12.7. The van der Waals surface area contributed by atoms with Gasteiger partial charge in [-0.15, -0.1) is 0 Å². The molecule has 1 fully saturated rings. The van der Waals surface area contributed by atoms with Crippen molar-refractivity contribution in [3.63, 3.8) is 0 Å². The molecular weight excluding hydrogens is 238 g/mol. The summed E-state index contributed by atoms with van der Waals surface area (Å²) in [6, 6.07) is 8.49. The summed E-state index contributed by atoms with van der Waals surface area (Å²) in [7, 11) is 0. The number of aryl methyl sites for hydroxylation is 1. The van der Waals surface area contributed by atoms with Crippen molar-refractivity contribution in [3.05, 3.63) is 35.4 Å². The van der Waals surface area contributed by atoms with Crippen LogP contribution in [0.25, 0.3) is 0 Å². The van der Waals surface area contributed by atoms with Gasteiger partial charge in [-0.25, -0.2) is 0 Å². The van der Waals surface area contributed by atoms with E-state index in [9.17, 15) is 4.79 Å². The first-order valence-electron chi connectivity index (χ1n) is 7.28. The smallest absolute Gasteiger partial charge is 0.309 e. The van der Waals surface area contributed by atoms with Gasteiger partial charge in [-0.1, -0.05) is 24.3 Å². The number of benzene rings is 1. The molecule has 2 aliphatic rings. The molecule has 0 amide bonds. The number of carbonyl (C=O) groups excluding carboxylic acids is 1. The number of esters is 1. The Kier molecular flexibility index (Phi) is 3.56. The Morgan fingerprint density at radius 1 is 1.21 bits per heavy atom. The number of hydrogen-bond donors (Lipinski definition) is 1. The lowest BCUT2D eigenvalue weighted by Crippen LogP contribution is -2.23. The SMILES string of the molecule is NC1CCC(C(=O)OC2CCCc3ccccc32)C1. The van der Waals surface area contributed by atoms with Gasteiger partial charge in [0.05, 0.1) is 5.92 Å². The van der Waals surface area contributed by atoms with E-state index >= 15 is 0 Å². The number of fused-ring (bicyclic) bond motifs is 1. The summed E-state index contributed by atoms with van der Waals surface area (Å²) in [5, 5.41) is 0. The van der Waals surface area contributed by atoms with E-state index in [-0.39, 0.29) is 24.0 Å². The molecule has 0 heterocycles. The number of rotatable bonds is 2. The summed E-state index contributed by atoms with van der Waals surface area (Å²) in [4.78, 5) is 12.2. The third kappa shape index (κ3) is 2.66. The van der Waals surface area contributed by atoms with Gasteiger partial charge in [0.1, 0.15) is 6.10 Å². The molecule has 3 atom stereocenters. The molecule has 1 aromatic rings. The predicted octanol–water partition coefficient (Wildman–Crippen LogP) is 2.73. The zero-order valence-corrected chi connectivity index (χ0v) is 11.2. The van der Waals surface area contributed by atoms with Crippen molar-refractivity contribution in [2.45, 2.75) is 50.7 Å². The fourth-order valence-corrected chi connectivity index (χ4v) is 3.30. The van der Waals surface area contributed by atoms with E-state index in [0.29, 0.717) is 0 Å².